The minimum Gasteiger partial charge on any atom is -0.465 e. The molecule has 0 saturated carbocycles. The fourth-order valence-electron chi connectivity index (χ4n) is 1.16. The molecule has 1 atom stereocenters. The summed E-state index contributed by atoms with van der Waals surface area (Å²) in [6.07, 6.45) is -0.451. The van der Waals surface area contributed by atoms with Gasteiger partial charge >= 0.3 is 6.09 Å². The number of aliphatic hydroxyl groups is 1. The highest BCUT2D eigenvalue weighted by Crippen LogP contribution is 2.01. The Balaban J connectivity index is 0.000000487. The molecule has 0 heterocycles. The van der Waals surface area contributed by atoms with Crippen LogP contribution in [0.15, 0.2) is 30.3 Å². The van der Waals surface area contributed by atoms with Crippen LogP contribution in [0.4, 0.5) is 4.79 Å². The fourth-order valence-corrected chi connectivity index (χ4v) is 1.16. The monoisotopic (exact) mass is 226 g/mol. The standard InChI is InChI=1S/C10H15NO.CH3NO2/c1-11-10(8-12)7-9-5-3-2-4-6-9;2-1(3)4/h2-6,10-12H,7-8H2,1H3;2H2,(H,3,4). The minimum absolute atomic E-state index is 0.174. The van der Waals surface area contributed by atoms with Gasteiger partial charge in [-0.1, -0.05) is 30.3 Å². The molecule has 0 aliphatic carbocycles. The van der Waals surface area contributed by atoms with E-state index in [4.69, 9.17) is 15.0 Å². The second-order valence-electron chi connectivity index (χ2n) is 3.20. The van der Waals surface area contributed by atoms with E-state index in [1.54, 1.807) is 0 Å². The van der Waals surface area contributed by atoms with Crippen LogP contribution >= 0.6 is 0 Å². The van der Waals surface area contributed by atoms with E-state index >= 15 is 0 Å². The average molecular weight is 226 g/mol. The van der Waals surface area contributed by atoms with Gasteiger partial charge in [0.15, 0.2) is 0 Å². The molecule has 1 aromatic carbocycles. The number of hydrogen-bond donors (Lipinski definition) is 4. The topological polar surface area (TPSA) is 95.6 Å². The van der Waals surface area contributed by atoms with Crippen molar-refractivity contribution in [2.75, 3.05) is 13.7 Å². The molecule has 0 spiro atoms. The van der Waals surface area contributed by atoms with Gasteiger partial charge in [0.2, 0.25) is 0 Å². The minimum atomic E-state index is -1.33. The Kier molecular flexibility index (Phi) is 7.83. The molecule has 0 radical (unpaired) electrons. The van der Waals surface area contributed by atoms with Crippen LogP contribution in [0.3, 0.4) is 0 Å². The van der Waals surface area contributed by atoms with E-state index in [0.717, 1.165) is 6.42 Å². The molecule has 1 rings (SSSR count). The van der Waals surface area contributed by atoms with Crippen LogP contribution in [0.5, 0.6) is 0 Å². The van der Waals surface area contributed by atoms with Crippen molar-refractivity contribution in [1.29, 1.82) is 0 Å². The molecule has 90 valence electrons. The van der Waals surface area contributed by atoms with Gasteiger partial charge in [0.25, 0.3) is 0 Å². The van der Waals surface area contributed by atoms with Gasteiger partial charge < -0.3 is 21.3 Å². The van der Waals surface area contributed by atoms with E-state index in [1.807, 2.05) is 25.2 Å². The Labute approximate surface area is 94.9 Å². The van der Waals surface area contributed by atoms with Crippen molar-refractivity contribution in [3.05, 3.63) is 35.9 Å². The molecule has 1 aromatic rings. The predicted octanol–water partition coefficient (Wildman–Crippen LogP) is 0.432. The SMILES string of the molecule is CNC(CO)Cc1ccccc1.NC(=O)O. The second-order valence-corrected chi connectivity index (χ2v) is 3.20. The maximum absolute atomic E-state index is 8.92. The molecule has 0 aromatic heterocycles. The van der Waals surface area contributed by atoms with E-state index in [2.05, 4.69) is 23.2 Å². The van der Waals surface area contributed by atoms with Crippen molar-refractivity contribution in [1.82, 2.24) is 5.32 Å². The van der Waals surface area contributed by atoms with E-state index in [-0.39, 0.29) is 12.6 Å². The molecule has 1 amide bonds. The van der Waals surface area contributed by atoms with Gasteiger partial charge in [0, 0.05) is 6.04 Å². The summed E-state index contributed by atoms with van der Waals surface area (Å²) in [7, 11) is 1.86. The van der Waals surface area contributed by atoms with Crippen LogP contribution in [0.2, 0.25) is 0 Å². The maximum atomic E-state index is 8.92. The first-order valence-corrected chi connectivity index (χ1v) is 4.90. The fraction of sp³-hybridized carbons (Fsp3) is 0.364. The third-order valence-corrected chi connectivity index (χ3v) is 1.95. The first-order chi connectivity index (χ1) is 7.60. The van der Waals surface area contributed by atoms with Gasteiger partial charge in [-0.3, -0.25) is 0 Å². The van der Waals surface area contributed by atoms with Crippen molar-refractivity contribution in [2.24, 2.45) is 5.73 Å². The number of amides is 1. The summed E-state index contributed by atoms with van der Waals surface area (Å²) in [6, 6.07) is 10.3. The Hall–Kier alpha value is -1.59. The number of carboxylic acid groups (broad SMARTS) is 1. The molecule has 0 aliphatic heterocycles. The van der Waals surface area contributed by atoms with Gasteiger partial charge in [-0.05, 0) is 19.0 Å². The zero-order valence-corrected chi connectivity index (χ0v) is 9.26. The lowest BCUT2D eigenvalue weighted by Gasteiger charge is -2.12. The van der Waals surface area contributed by atoms with Crippen LogP contribution in [-0.4, -0.2) is 36.0 Å². The average Bonchev–Trinajstić information content (AvgIpc) is 2.26. The summed E-state index contributed by atoms with van der Waals surface area (Å²) in [6.45, 7) is 0.186. The van der Waals surface area contributed by atoms with E-state index in [9.17, 15) is 0 Å². The van der Waals surface area contributed by atoms with Crippen molar-refractivity contribution >= 4 is 6.09 Å². The summed E-state index contributed by atoms with van der Waals surface area (Å²) in [5.41, 5.74) is 5.28. The summed E-state index contributed by atoms with van der Waals surface area (Å²) in [5.74, 6) is 0. The molecule has 5 N–H and O–H groups in total. The smallest absolute Gasteiger partial charge is 0.402 e. The largest absolute Gasteiger partial charge is 0.465 e. The summed E-state index contributed by atoms with van der Waals surface area (Å²) in [4.78, 5) is 8.78. The molecule has 0 bridgehead atoms. The Bertz CT molecular complexity index is 283. The predicted molar refractivity (Wildman–Crippen MR) is 62.3 cm³/mol. The van der Waals surface area contributed by atoms with Gasteiger partial charge in [0.1, 0.15) is 0 Å². The van der Waals surface area contributed by atoms with E-state index < -0.39 is 6.09 Å². The van der Waals surface area contributed by atoms with E-state index in [1.165, 1.54) is 5.56 Å². The molecule has 5 heteroatoms. The number of primary amides is 1. The third kappa shape index (κ3) is 7.78. The third-order valence-electron chi connectivity index (χ3n) is 1.95. The van der Waals surface area contributed by atoms with Crippen molar-refractivity contribution in [2.45, 2.75) is 12.5 Å². The highest BCUT2D eigenvalue weighted by molar-refractivity contribution is 5.61. The number of rotatable bonds is 4. The molecule has 1 unspecified atom stereocenters. The van der Waals surface area contributed by atoms with Gasteiger partial charge in [-0.15, -0.1) is 0 Å². The lowest BCUT2D eigenvalue weighted by atomic mass is 10.1. The lowest BCUT2D eigenvalue weighted by Crippen LogP contribution is -2.31. The number of hydrogen-bond acceptors (Lipinski definition) is 3. The van der Waals surface area contributed by atoms with Gasteiger partial charge in [0.05, 0.1) is 6.61 Å². The molecule has 0 saturated heterocycles. The van der Waals surface area contributed by atoms with Gasteiger partial charge in [-0.25, -0.2) is 4.79 Å². The first-order valence-electron chi connectivity index (χ1n) is 4.90. The molecular formula is C11H18N2O3. The second kappa shape index (κ2) is 8.70. The van der Waals surface area contributed by atoms with Gasteiger partial charge in [-0.2, -0.15) is 0 Å². The molecule has 0 aliphatic rings. The summed E-state index contributed by atoms with van der Waals surface area (Å²) in [5, 5.41) is 19.2. The number of aliphatic hydroxyl groups excluding tert-OH is 1. The van der Waals surface area contributed by atoms with Crippen molar-refractivity contribution in [3.63, 3.8) is 0 Å². The van der Waals surface area contributed by atoms with Crippen LogP contribution in [-0.2, 0) is 6.42 Å². The normalized spacial score (nSPS) is 11.1. The van der Waals surface area contributed by atoms with Crippen LogP contribution in [0.1, 0.15) is 5.56 Å². The highest BCUT2D eigenvalue weighted by Gasteiger charge is 2.03. The van der Waals surface area contributed by atoms with Crippen LogP contribution < -0.4 is 11.1 Å². The number of nitrogens with two attached hydrogens (primary N) is 1. The lowest BCUT2D eigenvalue weighted by molar-refractivity contribution is 0.205. The van der Waals surface area contributed by atoms with E-state index in [0.29, 0.717) is 0 Å². The van der Waals surface area contributed by atoms with Crippen molar-refractivity contribution < 1.29 is 15.0 Å². The van der Waals surface area contributed by atoms with Crippen LogP contribution in [0, 0.1) is 0 Å². The summed E-state index contributed by atoms with van der Waals surface area (Å²) >= 11 is 0. The number of nitrogens with one attached hydrogen (secondary N) is 1. The zero-order valence-electron chi connectivity index (χ0n) is 9.26. The van der Waals surface area contributed by atoms with Crippen LogP contribution in [0.25, 0.3) is 0 Å². The number of likely N-dealkylation sites (N-methyl/N-ethyl adjacent to an activating group) is 1. The Morgan fingerprint density at radius 1 is 1.44 bits per heavy atom. The number of carbonyl (C=O) groups is 1. The summed E-state index contributed by atoms with van der Waals surface area (Å²) < 4.78 is 0. The first kappa shape index (κ1) is 14.4. The number of benzene rings is 1. The maximum Gasteiger partial charge on any atom is 0.402 e. The molecule has 0 fully saturated rings. The molecular weight excluding hydrogens is 208 g/mol. The zero-order chi connectivity index (χ0) is 12.4. The Morgan fingerprint density at radius 3 is 2.31 bits per heavy atom. The quantitative estimate of drug-likeness (QED) is 0.598. The molecule has 5 nitrogen and oxygen atoms in total. The highest BCUT2D eigenvalue weighted by atomic mass is 16.4. The molecule has 16 heavy (non-hydrogen) atoms. The van der Waals surface area contributed by atoms with Crippen molar-refractivity contribution in [3.8, 4) is 0 Å². The Morgan fingerprint density at radius 2 is 1.94 bits per heavy atom.